The molecule has 0 heterocycles. The van der Waals surface area contributed by atoms with E-state index in [-0.39, 0.29) is 5.97 Å². The molecule has 0 radical (unpaired) electrons. The van der Waals surface area contributed by atoms with E-state index in [1.54, 1.807) is 6.08 Å². The van der Waals surface area contributed by atoms with Crippen molar-refractivity contribution in [2.24, 2.45) is 0 Å². The van der Waals surface area contributed by atoms with E-state index >= 15 is 0 Å². The van der Waals surface area contributed by atoms with Gasteiger partial charge in [0.25, 0.3) is 0 Å². The molecule has 0 unspecified atom stereocenters. The normalized spacial score (nSPS) is 10.7. The lowest BCUT2D eigenvalue weighted by atomic mass is 10.2. The van der Waals surface area contributed by atoms with E-state index in [4.69, 9.17) is 4.74 Å². The SMILES string of the molecule is COC(=O)/C=C/c1ccc(OCc2ccc(C)cc2)c(Br)c1. The molecule has 2 aromatic carbocycles. The fraction of sp³-hybridized carbons (Fsp3) is 0.167. The number of hydrogen-bond donors (Lipinski definition) is 0. The smallest absolute Gasteiger partial charge is 0.330 e. The number of rotatable bonds is 5. The maximum atomic E-state index is 11.1. The number of methoxy groups -OCH3 is 1. The lowest BCUT2D eigenvalue weighted by Crippen LogP contribution is -1.96. The summed E-state index contributed by atoms with van der Waals surface area (Å²) in [5, 5.41) is 0. The molecule has 0 saturated heterocycles. The minimum Gasteiger partial charge on any atom is -0.488 e. The van der Waals surface area contributed by atoms with Crippen molar-refractivity contribution in [2.45, 2.75) is 13.5 Å². The van der Waals surface area contributed by atoms with Gasteiger partial charge in [0.2, 0.25) is 0 Å². The fourth-order valence-electron chi connectivity index (χ4n) is 1.82. The number of esters is 1. The summed E-state index contributed by atoms with van der Waals surface area (Å²) in [4.78, 5) is 11.1. The topological polar surface area (TPSA) is 35.5 Å². The van der Waals surface area contributed by atoms with Gasteiger partial charge in [0, 0.05) is 6.08 Å². The Bertz CT molecular complexity index is 675. The summed E-state index contributed by atoms with van der Waals surface area (Å²) in [5.74, 6) is 0.381. The van der Waals surface area contributed by atoms with Crippen LogP contribution < -0.4 is 4.74 Å². The molecule has 114 valence electrons. The molecule has 3 nitrogen and oxygen atoms in total. The molecule has 4 heteroatoms. The summed E-state index contributed by atoms with van der Waals surface area (Å²) in [7, 11) is 1.35. The summed E-state index contributed by atoms with van der Waals surface area (Å²) < 4.78 is 11.2. The molecule has 0 spiro atoms. The van der Waals surface area contributed by atoms with Crippen LogP contribution in [0, 0.1) is 6.92 Å². The van der Waals surface area contributed by atoms with Gasteiger partial charge in [-0.3, -0.25) is 0 Å². The Balaban J connectivity index is 2.02. The van der Waals surface area contributed by atoms with E-state index in [2.05, 4.69) is 51.9 Å². The van der Waals surface area contributed by atoms with Crippen molar-refractivity contribution in [3.63, 3.8) is 0 Å². The van der Waals surface area contributed by atoms with Crippen LogP contribution in [0.25, 0.3) is 6.08 Å². The zero-order chi connectivity index (χ0) is 15.9. The lowest BCUT2D eigenvalue weighted by Gasteiger charge is -2.09. The van der Waals surface area contributed by atoms with Crippen molar-refractivity contribution in [1.82, 2.24) is 0 Å². The number of benzene rings is 2. The first kappa shape index (κ1) is 16.3. The molecule has 0 aliphatic rings. The largest absolute Gasteiger partial charge is 0.488 e. The van der Waals surface area contributed by atoms with Crippen LogP contribution in [0.15, 0.2) is 53.0 Å². The van der Waals surface area contributed by atoms with Crippen molar-refractivity contribution < 1.29 is 14.3 Å². The predicted molar refractivity (Wildman–Crippen MR) is 90.7 cm³/mol. The molecule has 0 N–H and O–H groups in total. The van der Waals surface area contributed by atoms with E-state index in [9.17, 15) is 4.79 Å². The van der Waals surface area contributed by atoms with Gasteiger partial charge in [-0.1, -0.05) is 35.9 Å². The van der Waals surface area contributed by atoms with Gasteiger partial charge in [-0.05, 0) is 52.2 Å². The minimum absolute atomic E-state index is 0.379. The van der Waals surface area contributed by atoms with Crippen LogP contribution in [0.2, 0.25) is 0 Å². The third-order valence-corrected chi connectivity index (χ3v) is 3.70. The van der Waals surface area contributed by atoms with Crippen molar-refractivity contribution in [2.75, 3.05) is 7.11 Å². The number of carbonyl (C=O) groups excluding carboxylic acids is 1. The molecule has 0 bridgehead atoms. The molecule has 0 fully saturated rings. The summed E-state index contributed by atoms with van der Waals surface area (Å²) >= 11 is 3.48. The van der Waals surface area contributed by atoms with Crippen molar-refractivity contribution in [3.8, 4) is 5.75 Å². The van der Waals surface area contributed by atoms with E-state index in [1.807, 2.05) is 18.2 Å². The molecular formula is C18H17BrO3. The minimum atomic E-state index is -0.379. The summed E-state index contributed by atoms with van der Waals surface area (Å²) in [6, 6.07) is 13.9. The van der Waals surface area contributed by atoms with Gasteiger partial charge < -0.3 is 9.47 Å². The Morgan fingerprint density at radius 1 is 1.18 bits per heavy atom. The van der Waals surface area contributed by atoms with Crippen LogP contribution in [0.4, 0.5) is 0 Å². The van der Waals surface area contributed by atoms with Crippen molar-refractivity contribution in [1.29, 1.82) is 0 Å². The summed E-state index contributed by atoms with van der Waals surface area (Å²) in [5.41, 5.74) is 3.24. The fourth-order valence-corrected chi connectivity index (χ4v) is 2.33. The average molecular weight is 361 g/mol. The number of carbonyl (C=O) groups is 1. The standard InChI is InChI=1S/C18H17BrO3/c1-13-3-5-15(6-4-13)12-22-17-9-7-14(11-16(17)19)8-10-18(20)21-2/h3-11H,12H2,1-2H3/b10-8+. The molecule has 2 rings (SSSR count). The Labute approximate surface area is 138 Å². The van der Waals surface area contributed by atoms with E-state index < -0.39 is 0 Å². The monoisotopic (exact) mass is 360 g/mol. The van der Waals surface area contributed by atoms with Gasteiger partial charge in [-0.25, -0.2) is 4.79 Å². The zero-order valence-corrected chi connectivity index (χ0v) is 14.1. The highest BCUT2D eigenvalue weighted by Crippen LogP contribution is 2.27. The van der Waals surface area contributed by atoms with Gasteiger partial charge in [0.15, 0.2) is 0 Å². The molecule has 2 aromatic rings. The van der Waals surface area contributed by atoms with E-state index in [1.165, 1.54) is 18.7 Å². The predicted octanol–water partition coefficient (Wildman–Crippen LogP) is 4.52. The Kier molecular flexibility index (Phi) is 5.78. The summed E-state index contributed by atoms with van der Waals surface area (Å²) in [6.45, 7) is 2.57. The first-order valence-corrected chi connectivity index (χ1v) is 7.61. The number of hydrogen-bond acceptors (Lipinski definition) is 3. The van der Waals surface area contributed by atoms with Crippen LogP contribution in [-0.4, -0.2) is 13.1 Å². The Morgan fingerprint density at radius 3 is 2.55 bits per heavy atom. The van der Waals surface area contributed by atoms with Gasteiger partial charge in [0.1, 0.15) is 12.4 Å². The molecular weight excluding hydrogens is 344 g/mol. The first-order chi connectivity index (χ1) is 10.6. The van der Waals surface area contributed by atoms with Crippen LogP contribution in [0.3, 0.4) is 0 Å². The van der Waals surface area contributed by atoms with Gasteiger partial charge in [-0.15, -0.1) is 0 Å². The highest BCUT2D eigenvalue weighted by molar-refractivity contribution is 9.10. The van der Waals surface area contributed by atoms with Gasteiger partial charge >= 0.3 is 5.97 Å². The highest BCUT2D eigenvalue weighted by Gasteiger charge is 2.03. The molecule has 0 amide bonds. The highest BCUT2D eigenvalue weighted by atomic mass is 79.9. The van der Waals surface area contributed by atoms with E-state index in [0.717, 1.165) is 21.3 Å². The number of ether oxygens (including phenoxy) is 2. The molecule has 0 atom stereocenters. The second-order valence-corrected chi connectivity index (χ2v) is 5.67. The number of aryl methyl sites for hydroxylation is 1. The van der Waals surface area contributed by atoms with Crippen molar-refractivity contribution >= 4 is 28.0 Å². The Hall–Kier alpha value is -2.07. The first-order valence-electron chi connectivity index (χ1n) is 6.82. The Morgan fingerprint density at radius 2 is 1.91 bits per heavy atom. The third kappa shape index (κ3) is 4.74. The second-order valence-electron chi connectivity index (χ2n) is 4.82. The van der Waals surface area contributed by atoms with Crippen LogP contribution in [0.1, 0.15) is 16.7 Å². The molecule has 0 saturated carbocycles. The van der Waals surface area contributed by atoms with Crippen LogP contribution in [-0.2, 0) is 16.1 Å². The average Bonchev–Trinajstić information content (AvgIpc) is 2.53. The maximum absolute atomic E-state index is 11.1. The molecule has 22 heavy (non-hydrogen) atoms. The molecule has 0 aromatic heterocycles. The molecule has 0 aliphatic heterocycles. The van der Waals surface area contributed by atoms with Gasteiger partial charge in [0.05, 0.1) is 11.6 Å². The quantitative estimate of drug-likeness (QED) is 0.580. The second kappa shape index (κ2) is 7.80. The van der Waals surface area contributed by atoms with E-state index in [0.29, 0.717) is 6.61 Å². The lowest BCUT2D eigenvalue weighted by molar-refractivity contribution is -0.134. The van der Waals surface area contributed by atoms with Crippen LogP contribution >= 0.6 is 15.9 Å². The maximum Gasteiger partial charge on any atom is 0.330 e. The summed E-state index contributed by atoms with van der Waals surface area (Å²) in [6.07, 6.45) is 3.08. The third-order valence-electron chi connectivity index (χ3n) is 3.08. The van der Waals surface area contributed by atoms with Gasteiger partial charge in [-0.2, -0.15) is 0 Å². The number of halogens is 1. The molecule has 0 aliphatic carbocycles. The van der Waals surface area contributed by atoms with Crippen molar-refractivity contribution in [3.05, 3.63) is 69.7 Å². The van der Waals surface area contributed by atoms with Crippen LogP contribution in [0.5, 0.6) is 5.75 Å². The zero-order valence-electron chi connectivity index (χ0n) is 12.5.